The fraction of sp³-hybridized carbons (Fsp3) is 0.174. The summed E-state index contributed by atoms with van der Waals surface area (Å²) in [5.74, 6) is 0.777. The summed E-state index contributed by atoms with van der Waals surface area (Å²) in [7, 11) is -0.698. The Bertz CT molecular complexity index is 1380. The van der Waals surface area contributed by atoms with Crippen molar-refractivity contribution in [3.05, 3.63) is 73.0 Å². The highest BCUT2D eigenvalue weighted by atomic mass is 32.2. The van der Waals surface area contributed by atoms with Crippen LogP contribution in [0, 0.1) is 0 Å². The van der Waals surface area contributed by atoms with Gasteiger partial charge in [-0.15, -0.1) is 10.2 Å². The van der Waals surface area contributed by atoms with E-state index >= 15 is 0 Å². The molecule has 0 aliphatic carbocycles. The van der Waals surface area contributed by atoms with Crippen LogP contribution in [0.3, 0.4) is 0 Å². The fourth-order valence-corrected chi connectivity index (χ4v) is 4.94. The molecule has 0 radical (unpaired) electrons. The summed E-state index contributed by atoms with van der Waals surface area (Å²) in [6.45, 7) is 1.75. The summed E-state index contributed by atoms with van der Waals surface area (Å²) < 4.78 is 33.3. The molecule has 34 heavy (non-hydrogen) atoms. The number of hydrogen-bond donors (Lipinski definition) is 1. The molecule has 4 rings (SSSR count). The van der Waals surface area contributed by atoms with E-state index in [-0.39, 0.29) is 10.8 Å². The quantitative estimate of drug-likeness (QED) is 0.368. The number of nitrogens with zero attached hydrogens (tertiary/aromatic N) is 4. The molecule has 0 aliphatic heterocycles. The molecule has 0 fully saturated rings. The number of sulfonamides is 1. The number of hydrogen-bond acceptors (Lipinski definition) is 7. The van der Waals surface area contributed by atoms with Crippen molar-refractivity contribution in [2.75, 3.05) is 19.4 Å². The Morgan fingerprint density at radius 3 is 2.50 bits per heavy atom. The molecule has 1 amide bonds. The molecule has 1 atom stereocenters. The van der Waals surface area contributed by atoms with Crippen LogP contribution in [0.1, 0.15) is 6.92 Å². The molecule has 9 nitrogen and oxygen atoms in total. The number of anilines is 1. The zero-order valence-corrected chi connectivity index (χ0v) is 20.4. The second-order valence-corrected chi connectivity index (χ2v) is 11.0. The first-order valence-corrected chi connectivity index (χ1v) is 12.6. The van der Waals surface area contributed by atoms with Gasteiger partial charge >= 0.3 is 0 Å². The van der Waals surface area contributed by atoms with E-state index < -0.39 is 15.3 Å². The van der Waals surface area contributed by atoms with Crippen molar-refractivity contribution in [1.29, 1.82) is 0 Å². The van der Waals surface area contributed by atoms with Crippen LogP contribution >= 0.6 is 11.8 Å². The molecule has 0 saturated carbocycles. The normalized spacial score (nSPS) is 12.6. The van der Waals surface area contributed by atoms with Crippen molar-refractivity contribution in [3.63, 3.8) is 0 Å². The van der Waals surface area contributed by atoms with E-state index in [2.05, 4.69) is 15.5 Å². The van der Waals surface area contributed by atoms with E-state index in [1.807, 2.05) is 34.9 Å². The minimum atomic E-state index is -3.61. The van der Waals surface area contributed by atoms with Gasteiger partial charge in [-0.1, -0.05) is 36.0 Å². The number of rotatable bonds is 8. The Morgan fingerprint density at radius 2 is 1.82 bits per heavy atom. The lowest BCUT2D eigenvalue weighted by atomic mass is 10.3. The fourth-order valence-electron chi connectivity index (χ4n) is 3.12. The SMILES string of the molecule is CC(Sc1nnc(-c2ccco2)n1-c1ccccc1)C(=O)Nc1cccc(S(=O)(=O)N(C)C)c1. The number of amides is 1. The minimum Gasteiger partial charge on any atom is -0.461 e. The molecule has 0 aliphatic rings. The summed E-state index contributed by atoms with van der Waals surface area (Å²) in [5.41, 5.74) is 1.22. The number of para-hydroxylation sites is 1. The van der Waals surface area contributed by atoms with E-state index in [1.54, 1.807) is 37.5 Å². The molecule has 0 spiro atoms. The van der Waals surface area contributed by atoms with Gasteiger partial charge < -0.3 is 9.73 Å². The zero-order chi connectivity index (χ0) is 24.3. The molecule has 2 aromatic heterocycles. The number of aromatic nitrogens is 3. The molecule has 1 N–H and O–H groups in total. The van der Waals surface area contributed by atoms with Crippen molar-refractivity contribution < 1.29 is 17.6 Å². The summed E-state index contributed by atoms with van der Waals surface area (Å²) in [6, 6.07) is 19.3. The first-order chi connectivity index (χ1) is 16.3. The highest BCUT2D eigenvalue weighted by Crippen LogP contribution is 2.31. The lowest BCUT2D eigenvalue weighted by Gasteiger charge is -2.15. The second-order valence-electron chi connectivity index (χ2n) is 7.52. The molecule has 2 aromatic carbocycles. The van der Waals surface area contributed by atoms with E-state index in [0.29, 0.717) is 22.4 Å². The topological polar surface area (TPSA) is 110 Å². The zero-order valence-electron chi connectivity index (χ0n) is 18.7. The van der Waals surface area contributed by atoms with E-state index in [1.165, 1.54) is 38.0 Å². The first-order valence-electron chi connectivity index (χ1n) is 10.3. The summed E-state index contributed by atoms with van der Waals surface area (Å²) in [5, 5.41) is 11.3. The van der Waals surface area contributed by atoms with Crippen LogP contribution in [-0.2, 0) is 14.8 Å². The van der Waals surface area contributed by atoms with Crippen molar-refractivity contribution in [2.45, 2.75) is 22.2 Å². The second kappa shape index (κ2) is 9.84. The predicted molar refractivity (Wildman–Crippen MR) is 130 cm³/mol. The minimum absolute atomic E-state index is 0.0996. The lowest BCUT2D eigenvalue weighted by Crippen LogP contribution is -2.24. The van der Waals surface area contributed by atoms with E-state index in [0.717, 1.165) is 9.99 Å². The average molecular weight is 498 g/mol. The van der Waals surface area contributed by atoms with Gasteiger partial charge in [0, 0.05) is 25.5 Å². The monoisotopic (exact) mass is 497 g/mol. The molecular formula is C23H23N5O4S2. The van der Waals surface area contributed by atoms with Crippen LogP contribution in [0.2, 0.25) is 0 Å². The Balaban J connectivity index is 1.57. The lowest BCUT2D eigenvalue weighted by molar-refractivity contribution is -0.115. The maximum atomic E-state index is 12.9. The average Bonchev–Trinajstić information content (AvgIpc) is 3.49. The van der Waals surface area contributed by atoms with Gasteiger partial charge in [0.25, 0.3) is 0 Å². The Morgan fingerprint density at radius 1 is 1.06 bits per heavy atom. The molecule has 11 heteroatoms. The maximum Gasteiger partial charge on any atom is 0.242 e. The third-order valence-electron chi connectivity index (χ3n) is 4.92. The van der Waals surface area contributed by atoms with E-state index in [4.69, 9.17) is 4.42 Å². The summed E-state index contributed by atoms with van der Waals surface area (Å²) >= 11 is 1.23. The molecule has 4 aromatic rings. The summed E-state index contributed by atoms with van der Waals surface area (Å²) in [4.78, 5) is 13.0. The van der Waals surface area contributed by atoms with Gasteiger partial charge in [-0.05, 0) is 49.4 Å². The Labute approximate surface area is 201 Å². The van der Waals surface area contributed by atoms with Gasteiger partial charge in [0.05, 0.1) is 16.4 Å². The predicted octanol–water partition coefficient (Wildman–Crippen LogP) is 3.90. The van der Waals surface area contributed by atoms with Gasteiger partial charge in [-0.3, -0.25) is 9.36 Å². The van der Waals surface area contributed by atoms with Gasteiger partial charge in [-0.25, -0.2) is 12.7 Å². The van der Waals surface area contributed by atoms with Crippen molar-refractivity contribution in [3.8, 4) is 17.3 Å². The number of carbonyl (C=O) groups excluding carboxylic acids is 1. The maximum absolute atomic E-state index is 12.9. The van der Waals surface area contributed by atoms with Crippen LogP contribution < -0.4 is 5.32 Å². The van der Waals surface area contributed by atoms with Crippen LogP contribution in [0.25, 0.3) is 17.3 Å². The highest BCUT2D eigenvalue weighted by molar-refractivity contribution is 8.00. The molecular weight excluding hydrogens is 474 g/mol. The Kier molecular flexibility index (Phi) is 6.87. The Hall–Kier alpha value is -3.41. The molecule has 2 heterocycles. The van der Waals surface area contributed by atoms with Crippen molar-refractivity contribution in [1.82, 2.24) is 19.1 Å². The number of furan rings is 1. The highest BCUT2D eigenvalue weighted by Gasteiger charge is 2.23. The first kappa shape index (κ1) is 23.7. The number of nitrogens with one attached hydrogen (secondary N) is 1. The molecule has 176 valence electrons. The summed E-state index contributed by atoms with van der Waals surface area (Å²) in [6.07, 6.45) is 1.56. The van der Waals surface area contributed by atoms with Crippen LogP contribution in [0.15, 0.2) is 87.5 Å². The molecule has 0 bridgehead atoms. The van der Waals surface area contributed by atoms with Gasteiger partial charge in [0.2, 0.25) is 21.8 Å². The molecule has 0 saturated heterocycles. The standard InChI is InChI=1S/C23H23N5O4S2/c1-16(22(29)24-17-9-7-12-19(15-17)34(30,31)27(2)3)33-23-26-25-21(20-13-8-14-32-20)28(23)18-10-5-4-6-11-18/h4-16H,1-3H3,(H,24,29). The van der Waals surface area contributed by atoms with Crippen LogP contribution in [0.5, 0.6) is 0 Å². The van der Waals surface area contributed by atoms with Crippen LogP contribution in [-0.4, -0.2) is 52.7 Å². The number of thioether (sulfide) groups is 1. The number of carbonyl (C=O) groups is 1. The molecule has 1 unspecified atom stereocenters. The van der Waals surface area contributed by atoms with Gasteiger partial charge in [0.1, 0.15) is 0 Å². The third-order valence-corrected chi connectivity index (χ3v) is 7.77. The third kappa shape index (κ3) is 4.91. The van der Waals surface area contributed by atoms with Gasteiger partial charge in [0.15, 0.2) is 10.9 Å². The van der Waals surface area contributed by atoms with E-state index in [9.17, 15) is 13.2 Å². The van der Waals surface area contributed by atoms with Gasteiger partial charge in [-0.2, -0.15) is 0 Å². The van der Waals surface area contributed by atoms with Crippen molar-refractivity contribution in [2.24, 2.45) is 0 Å². The van der Waals surface area contributed by atoms with Crippen LogP contribution in [0.4, 0.5) is 5.69 Å². The van der Waals surface area contributed by atoms with Crippen molar-refractivity contribution >= 4 is 33.4 Å². The largest absolute Gasteiger partial charge is 0.461 e. The number of benzene rings is 2. The smallest absolute Gasteiger partial charge is 0.242 e.